The zero-order valence-corrected chi connectivity index (χ0v) is 11.4. The highest BCUT2D eigenvalue weighted by Crippen LogP contribution is 2.23. The third kappa shape index (κ3) is 3.33. The molecule has 6 nitrogen and oxygen atoms in total. The minimum Gasteiger partial charge on any atom is -0.481 e. The minimum atomic E-state index is -0.727. The zero-order chi connectivity index (χ0) is 14.7. The Balaban J connectivity index is 1.87. The van der Waals surface area contributed by atoms with E-state index < -0.39 is 10.9 Å². The highest BCUT2D eigenvalue weighted by Gasteiger charge is 2.34. The summed E-state index contributed by atoms with van der Waals surface area (Å²) in [7, 11) is 0. The van der Waals surface area contributed by atoms with Crippen LogP contribution in [0.25, 0.3) is 0 Å². The molecular weight excluding hydrogens is 260 g/mol. The number of non-ortho nitro benzene ring substituents is 1. The SMILES string of the molecule is C[C@@H]1CN(CCc2ccc([N+](=O)[O-])cc2)C[C@H]1C(=O)O. The van der Waals surface area contributed by atoms with Crippen LogP contribution in [0.3, 0.4) is 0 Å². The van der Waals surface area contributed by atoms with Crippen molar-refractivity contribution in [3.8, 4) is 0 Å². The second-order valence-electron chi connectivity index (χ2n) is 5.36. The van der Waals surface area contributed by atoms with Crippen molar-refractivity contribution < 1.29 is 14.8 Å². The van der Waals surface area contributed by atoms with Gasteiger partial charge in [0.25, 0.3) is 5.69 Å². The Bertz CT molecular complexity index is 500. The first kappa shape index (κ1) is 14.5. The Kier molecular flexibility index (Phi) is 4.34. The average Bonchev–Trinajstić information content (AvgIpc) is 2.78. The van der Waals surface area contributed by atoms with E-state index in [1.165, 1.54) is 12.1 Å². The van der Waals surface area contributed by atoms with Gasteiger partial charge in [-0.1, -0.05) is 19.1 Å². The zero-order valence-electron chi connectivity index (χ0n) is 11.4. The number of hydrogen-bond acceptors (Lipinski definition) is 4. The quantitative estimate of drug-likeness (QED) is 0.655. The summed E-state index contributed by atoms with van der Waals surface area (Å²) in [5, 5.41) is 19.6. The van der Waals surface area contributed by atoms with Crippen LogP contribution in [0.15, 0.2) is 24.3 Å². The van der Waals surface area contributed by atoms with E-state index in [2.05, 4.69) is 4.90 Å². The molecule has 0 unspecified atom stereocenters. The van der Waals surface area contributed by atoms with Gasteiger partial charge in [0, 0.05) is 31.8 Å². The van der Waals surface area contributed by atoms with E-state index in [1.807, 2.05) is 6.92 Å². The smallest absolute Gasteiger partial charge is 0.308 e. The molecule has 0 bridgehead atoms. The summed E-state index contributed by atoms with van der Waals surface area (Å²) in [5.74, 6) is -0.841. The van der Waals surface area contributed by atoms with Gasteiger partial charge in [0.05, 0.1) is 10.8 Å². The predicted octanol–water partition coefficient (Wildman–Crippen LogP) is 1.79. The van der Waals surface area contributed by atoms with Gasteiger partial charge in [0.15, 0.2) is 0 Å². The van der Waals surface area contributed by atoms with Crippen LogP contribution in [0.5, 0.6) is 0 Å². The second kappa shape index (κ2) is 6.00. The molecule has 0 amide bonds. The number of rotatable bonds is 5. The van der Waals surface area contributed by atoms with Crippen molar-refractivity contribution in [2.24, 2.45) is 11.8 Å². The van der Waals surface area contributed by atoms with Gasteiger partial charge in [-0.3, -0.25) is 14.9 Å². The highest BCUT2D eigenvalue weighted by atomic mass is 16.6. The van der Waals surface area contributed by atoms with Gasteiger partial charge in [-0.05, 0) is 17.9 Å². The number of carboxylic acid groups (broad SMARTS) is 1. The fraction of sp³-hybridized carbons (Fsp3) is 0.500. The molecule has 0 saturated carbocycles. The van der Waals surface area contributed by atoms with Crippen LogP contribution in [-0.4, -0.2) is 40.5 Å². The lowest BCUT2D eigenvalue weighted by Crippen LogP contribution is -2.25. The van der Waals surface area contributed by atoms with E-state index in [4.69, 9.17) is 5.11 Å². The van der Waals surface area contributed by atoms with Crippen LogP contribution in [0.1, 0.15) is 12.5 Å². The van der Waals surface area contributed by atoms with Crippen molar-refractivity contribution in [2.75, 3.05) is 19.6 Å². The number of carboxylic acids is 1. The fourth-order valence-corrected chi connectivity index (χ4v) is 2.64. The summed E-state index contributed by atoms with van der Waals surface area (Å²) >= 11 is 0. The van der Waals surface area contributed by atoms with Crippen molar-refractivity contribution in [2.45, 2.75) is 13.3 Å². The first-order chi connectivity index (χ1) is 9.47. The van der Waals surface area contributed by atoms with Crippen molar-refractivity contribution in [1.29, 1.82) is 0 Å². The van der Waals surface area contributed by atoms with Crippen molar-refractivity contribution in [3.05, 3.63) is 39.9 Å². The molecule has 2 atom stereocenters. The lowest BCUT2D eigenvalue weighted by Gasteiger charge is -2.14. The maximum Gasteiger partial charge on any atom is 0.308 e. The maximum atomic E-state index is 11.0. The molecule has 1 aromatic carbocycles. The molecule has 1 aliphatic heterocycles. The van der Waals surface area contributed by atoms with Gasteiger partial charge in [-0.25, -0.2) is 0 Å². The molecule has 1 fully saturated rings. The van der Waals surface area contributed by atoms with Crippen LogP contribution in [0.2, 0.25) is 0 Å². The summed E-state index contributed by atoms with van der Waals surface area (Å²) in [6.07, 6.45) is 0.775. The Morgan fingerprint density at radius 3 is 2.55 bits per heavy atom. The molecule has 0 aliphatic carbocycles. The monoisotopic (exact) mass is 278 g/mol. The third-order valence-corrected chi connectivity index (χ3v) is 3.87. The van der Waals surface area contributed by atoms with Crippen molar-refractivity contribution in [1.82, 2.24) is 4.90 Å². The molecule has 1 heterocycles. The Labute approximate surface area is 117 Å². The number of nitro groups is 1. The number of hydrogen-bond donors (Lipinski definition) is 1. The standard InChI is InChI=1S/C14H18N2O4/c1-10-8-15(9-13(10)14(17)18)7-6-11-2-4-12(5-3-11)16(19)20/h2-5,10,13H,6-9H2,1H3,(H,17,18)/t10-,13-/m1/s1. The van der Waals surface area contributed by atoms with Crippen molar-refractivity contribution in [3.63, 3.8) is 0 Å². The summed E-state index contributed by atoms with van der Waals surface area (Å²) in [6.45, 7) is 4.13. The molecule has 1 aromatic rings. The lowest BCUT2D eigenvalue weighted by atomic mass is 9.99. The Morgan fingerprint density at radius 1 is 1.40 bits per heavy atom. The molecule has 1 saturated heterocycles. The van der Waals surface area contributed by atoms with Gasteiger partial charge in [0.2, 0.25) is 0 Å². The van der Waals surface area contributed by atoms with E-state index in [9.17, 15) is 14.9 Å². The number of benzene rings is 1. The molecule has 0 radical (unpaired) electrons. The number of nitro benzene ring substituents is 1. The van der Waals surface area contributed by atoms with Crippen LogP contribution in [0.4, 0.5) is 5.69 Å². The molecule has 108 valence electrons. The minimum absolute atomic E-state index is 0.0921. The van der Waals surface area contributed by atoms with Crippen LogP contribution < -0.4 is 0 Å². The van der Waals surface area contributed by atoms with Crippen molar-refractivity contribution >= 4 is 11.7 Å². The Morgan fingerprint density at radius 2 is 2.05 bits per heavy atom. The lowest BCUT2D eigenvalue weighted by molar-refractivity contribution is -0.384. The molecule has 0 aromatic heterocycles. The Hall–Kier alpha value is -1.95. The largest absolute Gasteiger partial charge is 0.481 e. The third-order valence-electron chi connectivity index (χ3n) is 3.87. The van der Waals surface area contributed by atoms with E-state index in [0.29, 0.717) is 6.54 Å². The molecule has 1 N–H and O–H groups in total. The average molecular weight is 278 g/mol. The predicted molar refractivity (Wildman–Crippen MR) is 73.5 cm³/mol. The fourth-order valence-electron chi connectivity index (χ4n) is 2.64. The number of aliphatic carboxylic acids is 1. The maximum absolute atomic E-state index is 11.0. The van der Waals surface area contributed by atoms with Gasteiger partial charge in [-0.2, -0.15) is 0 Å². The van der Waals surface area contributed by atoms with E-state index in [1.54, 1.807) is 12.1 Å². The van der Waals surface area contributed by atoms with Gasteiger partial charge < -0.3 is 10.0 Å². The highest BCUT2D eigenvalue weighted by molar-refractivity contribution is 5.71. The summed E-state index contributed by atoms with van der Waals surface area (Å²) in [4.78, 5) is 23.3. The molecule has 6 heteroatoms. The number of nitrogens with zero attached hydrogens (tertiary/aromatic N) is 2. The first-order valence-electron chi connectivity index (χ1n) is 6.66. The molecular formula is C14H18N2O4. The first-order valence-corrected chi connectivity index (χ1v) is 6.66. The summed E-state index contributed by atoms with van der Waals surface area (Å²) < 4.78 is 0. The van der Waals surface area contributed by atoms with E-state index in [0.717, 1.165) is 25.1 Å². The second-order valence-corrected chi connectivity index (χ2v) is 5.36. The van der Waals surface area contributed by atoms with Crippen LogP contribution in [0, 0.1) is 22.0 Å². The number of likely N-dealkylation sites (tertiary alicyclic amines) is 1. The number of carbonyl (C=O) groups is 1. The van der Waals surface area contributed by atoms with Gasteiger partial charge in [0.1, 0.15) is 0 Å². The normalized spacial score (nSPS) is 22.9. The molecule has 1 aliphatic rings. The van der Waals surface area contributed by atoms with Crippen LogP contribution in [-0.2, 0) is 11.2 Å². The molecule has 2 rings (SSSR count). The molecule has 0 spiro atoms. The van der Waals surface area contributed by atoms with Gasteiger partial charge in [-0.15, -0.1) is 0 Å². The van der Waals surface area contributed by atoms with E-state index >= 15 is 0 Å². The summed E-state index contributed by atoms with van der Waals surface area (Å²) in [6, 6.07) is 6.52. The molecule has 20 heavy (non-hydrogen) atoms. The van der Waals surface area contributed by atoms with Gasteiger partial charge >= 0.3 is 5.97 Å². The van der Waals surface area contributed by atoms with Crippen LogP contribution >= 0.6 is 0 Å². The van der Waals surface area contributed by atoms with E-state index in [-0.39, 0.29) is 17.5 Å². The summed E-state index contributed by atoms with van der Waals surface area (Å²) in [5.41, 5.74) is 1.12. The topological polar surface area (TPSA) is 83.7 Å².